The highest BCUT2D eigenvalue weighted by atomic mass is 79.9. The van der Waals surface area contributed by atoms with Crippen LogP contribution in [0, 0.1) is 0 Å². The number of nitrogens with one attached hydrogen (secondary N) is 1. The van der Waals surface area contributed by atoms with Crippen molar-refractivity contribution in [3.8, 4) is 0 Å². The van der Waals surface area contributed by atoms with Gasteiger partial charge in [0.1, 0.15) is 0 Å². The summed E-state index contributed by atoms with van der Waals surface area (Å²) in [6.07, 6.45) is 5.30. The molecular formula is C12H20BrNS. The van der Waals surface area contributed by atoms with Crippen LogP contribution in [0.5, 0.6) is 0 Å². The number of halogens is 1. The molecule has 0 spiro atoms. The normalized spacial score (nSPS) is 13.0. The molecule has 1 atom stereocenters. The average Bonchev–Trinajstić information content (AvgIpc) is 2.62. The minimum Gasteiger partial charge on any atom is -0.310 e. The quantitative estimate of drug-likeness (QED) is 0.725. The van der Waals surface area contributed by atoms with Gasteiger partial charge in [-0.25, -0.2) is 0 Å². The lowest BCUT2D eigenvalue weighted by Gasteiger charge is -2.12. The molecule has 0 aliphatic heterocycles. The molecule has 1 aromatic rings. The summed E-state index contributed by atoms with van der Waals surface area (Å²) in [5.74, 6) is 0. The Morgan fingerprint density at radius 2 is 2.27 bits per heavy atom. The van der Waals surface area contributed by atoms with Crippen LogP contribution in [-0.2, 0) is 6.54 Å². The van der Waals surface area contributed by atoms with Crippen molar-refractivity contribution in [2.75, 3.05) is 0 Å². The molecular weight excluding hydrogens is 270 g/mol. The van der Waals surface area contributed by atoms with E-state index < -0.39 is 0 Å². The van der Waals surface area contributed by atoms with E-state index in [-0.39, 0.29) is 0 Å². The maximum atomic E-state index is 3.56. The summed E-state index contributed by atoms with van der Waals surface area (Å²) >= 11 is 5.24. The predicted octanol–water partition coefficient (Wildman–Crippen LogP) is 4.57. The molecule has 0 radical (unpaired) electrons. The molecule has 1 heterocycles. The van der Waals surface area contributed by atoms with E-state index in [1.165, 1.54) is 35.0 Å². The van der Waals surface area contributed by atoms with Crippen molar-refractivity contribution in [2.24, 2.45) is 0 Å². The second kappa shape index (κ2) is 7.42. The molecule has 1 rings (SSSR count). The summed E-state index contributed by atoms with van der Waals surface area (Å²) in [6, 6.07) is 2.83. The van der Waals surface area contributed by atoms with Crippen LogP contribution in [0.15, 0.2) is 15.2 Å². The van der Waals surface area contributed by atoms with Crippen LogP contribution in [0.4, 0.5) is 0 Å². The van der Waals surface area contributed by atoms with E-state index in [9.17, 15) is 0 Å². The first-order valence-corrected chi connectivity index (χ1v) is 7.36. The number of hydrogen-bond acceptors (Lipinski definition) is 2. The molecule has 1 aromatic heterocycles. The molecule has 1 unspecified atom stereocenters. The third-order valence-corrected chi connectivity index (χ3v) is 4.07. The lowest BCUT2D eigenvalue weighted by molar-refractivity contribution is 0.487. The number of hydrogen-bond donors (Lipinski definition) is 1. The first-order valence-electron chi connectivity index (χ1n) is 5.68. The molecule has 3 heteroatoms. The molecule has 0 aliphatic rings. The fraction of sp³-hybridized carbons (Fsp3) is 0.667. The fourth-order valence-electron chi connectivity index (χ4n) is 1.53. The third-order valence-electron chi connectivity index (χ3n) is 2.52. The highest BCUT2D eigenvalue weighted by molar-refractivity contribution is 9.11. The van der Waals surface area contributed by atoms with Gasteiger partial charge < -0.3 is 5.32 Å². The van der Waals surface area contributed by atoms with E-state index in [1.54, 1.807) is 11.3 Å². The van der Waals surface area contributed by atoms with Crippen molar-refractivity contribution in [1.82, 2.24) is 5.32 Å². The Morgan fingerprint density at radius 1 is 1.47 bits per heavy atom. The lowest BCUT2D eigenvalue weighted by Crippen LogP contribution is -2.25. The van der Waals surface area contributed by atoms with Crippen molar-refractivity contribution in [2.45, 2.75) is 52.1 Å². The molecule has 0 bridgehead atoms. The van der Waals surface area contributed by atoms with Gasteiger partial charge in [0.15, 0.2) is 0 Å². The van der Waals surface area contributed by atoms with Crippen molar-refractivity contribution in [1.29, 1.82) is 0 Å². The van der Waals surface area contributed by atoms with Crippen LogP contribution >= 0.6 is 27.3 Å². The Bertz CT molecular complexity index is 272. The van der Waals surface area contributed by atoms with Crippen molar-refractivity contribution >= 4 is 27.3 Å². The van der Waals surface area contributed by atoms with Gasteiger partial charge in [-0.3, -0.25) is 0 Å². The van der Waals surface area contributed by atoms with Crippen LogP contribution in [0.1, 0.15) is 45.1 Å². The minimum atomic E-state index is 0.634. The summed E-state index contributed by atoms with van der Waals surface area (Å²) in [5.41, 5.74) is 1.38. The van der Waals surface area contributed by atoms with Gasteiger partial charge in [0.25, 0.3) is 0 Å². The van der Waals surface area contributed by atoms with Crippen LogP contribution in [0.2, 0.25) is 0 Å². The van der Waals surface area contributed by atoms with Crippen LogP contribution in [-0.4, -0.2) is 6.04 Å². The summed E-state index contributed by atoms with van der Waals surface area (Å²) in [5, 5.41) is 5.76. The molecule has 0 fully saturated rings. The van der Waals surface area contributed by atoms with E-state index in [1.807, 2.05) is 0 Å². The topological polar surface area (TPSA) is 12.0 Å². The van der Waals surface area contributed by atoms with Crippen LogP contribution in [0.3, 0.4) is 0 Å². The number of unbranched alkanes of at least 4 members (excludes halogenated alkanes) is 2. The SMILES string of the molecule is CCCCCC(C)NCc1csc(Br)c1. The van der Waals surface area contributed by atoms with E-state index >= 15 is 0 Å². The van der Waals surface area contributed by atoms with Crippen LogP contribution < -0.4 is 5.32 Å². The Balaban J connectivity index is 2.13. The molecule has 0 aliphatic carbocycles. The van der Waals surface area contributed by atoms with Gasteiger partial charge in [-0.05, 0) is 46.3 Å². The molecule has 0 saturated heterocycles. The second-order valence-corrected chi connectivity index (χ2v) is 6.33. The molecule has 0 saturated carbocycles. The zero-order valence-electron chi connectivity index (χ0n) is 9.55. The van der Waals surface area contributed by atoms with Gasteiger partial charge in [0.2, 0.25) is 0 Å². The minimum absolute atomic E-state index is 0.634. The second-order valence-electron chi connectivity index (χ2n) is 4.04. The third kappa shape index (κ3) is 5.69. The summed E-state index contributed by atoms with van der Waals surface area (Å²) in [4.78, 5) is 0. The zero-order chi connectivity index (χ0) is 11.1. The van der Waals surface area contributed by atoms with Crippen molar-refractivity contribution in [3.05, 3.63) is 20.8 Å². The molecule has 86 valence electrons. The molecule has 15 heavy (non-hydrogen) atoms. The number of thiophene rings is 1. The molecule has 1 N–H and O–H groups in total. The average molecular weight is 290 g/mol. The van der Waals surface area contributed by atoms with Gasteiger partial charge >= 0.3 is 0 Å². The maximum absolute atomic E-state index is 3.56. The molecule has 0 aromatic carbocycles. The summed E-state index contributed by atoms with van der Waals surface area (Å²) in [7, 11) is 0. The standard InChI is InChI=1S/C12H20BrNS/c1-3-4-5-6-10(2)14-8-11-7-12(13)15-9-11/h7,9-10,14H,3-6,8H2,1-2H3. The Labute approximate surface area is 105 Å². The molecule has 0 amide bonds. The van der Waals surface area contributed by atoms with Crippen molar-refractivity contribution in [3.63, 3.8) is 0 Å². The monoisotopic (exact) mass is 289 g/mol. The van der Waals surface area contributed by atoms with Crippen molar-refractivity contribution < 1.29 is 0 Å². The van der Waals surface area contributed by atoms with Gasteiger partial charge in [0, 0.05) is 12.6 Å². The smallest absolute Gasteiger partial charge is 0.0701 e. The zero-order valence-corrected chi connectivity index (χ0v) is 12.0. The largest absolute Gasteiger partial charge is 0.310 e. The predicted molar refractivity (Wildman–Crippen MR) is 72.5 cm³/mol. The van der Waals surface area contributed by atoms with Gasteiger partial charge in [-0.15, -0.1) is 11.3 Å². The van der Waals surface area contributed by atoms with Crippen LogP contribution in [0.25, 0.3) is 0 Å². The lowest BCUT2D eigenvalue weighted by atomic mass is 10.1. The highest BCUT2D eigenvalue weighted by Crippen LogP contribution is 2.20. The van der Waals surface area contributed by atoms with Gasteiger partial charge in [-0.2, -0.15) is 0 Å². The highest BCUT2D eigenvalue weighted by Gasteiger charge is 2.02. The first-order chi connectivity index (χ1) is 7.22. The number of rotatable bonds is 7. The first kappa shape index (κ1) is 13.2. The molecule has 1 nitrogen and oxygen atoms in total. The van der Waals surface area contributed by atoms with Gasteiger partial charge in [0.05, 0.1) is 3.79 Å². The van der Waals surface area contributed by atoms with E-state index in [4.69, 9.17) is 0 Å². The Hall–Kier alpha value is 0.140. The fourth-order valence-corrected chi connectivity index (χ4v) is 2.74. The Morgan fingerprint density at radius 3 is 2.87 bits per heavy atom. The Kier molecular flexibility index (Phi) is 6.53. The van der Waals surface area contributed by atoms with E-state index in [0.29, 0.717) is 6.04 Å². The van der Waals surface area contributed by atoms with E-state index in [2.05, 4.69) is 46.5 Å². The van der Waals surface area contributed by atoms with E-state index in [0.717, 1.165) is 6.54 Å². The summed E-state index contributed by atoms with van der Waals surface area (Å²) < 4.78 is 1.22. The summed E-state index contributed by atoms with van der Waals surface area (Å²) in [6.45, 7) is 5.52. The van der Waals surface area contributed by atoms with Gasteiger partial charge in [-0.1, -0.05) is 26.2 Å². The maximum Gasteiger partial charge on any atom is 0.0701 e.